The first kappa shape index (κ1) is 16.2. The molecule has 0 aliphatic carbocycles. The normalized spacial score (nSPS) is 10.1. The van der Waals surface area contributed by atoms with Crippen LogP contribution in [-0.2, 0) is 11.3 Å². The monoisotopic (exact) mass is 365 g/mol. The van der Waals surface area contributed by atoms with Gasteiger partial charge in [-0.25, -0.2) is 9.18 Å². The van der Waals surface area contributed by atoms with Crippen LogP contribution >= 0.6 is 15.9 Å². The minimum absolute atomic E-state index is 0.0191. The van der Waals surface area contributed by atoms with Gasteiger partial charge >= 0.3 is 5.97 Å². The summed E-state index contributed by atoms with van der Waals surface area (Å²) in [5.74, 6) is -1.51. The smallest absolute Gasteiger partial charge is 0.337 e. The second-order valence-electron chi connectivity index (χ2n) is 4.50. The zero-order valence-corrected chi connectivity index (χ0v) is 13.3. The number of carbonyl (C=O) groups excluding carboxylic acids is 2. The lowest BCUT2D eigenvalue weighted by atomic mass is 10.1. The Balaban J connectivity index is 2.00. The van der Waals surface area contributed by atoms with Crippen molar-refractivity contribution in [2.45, 2.75) is 6.54 Å². The molecule has 0 aliphatic heterocycles. The summed E-state index contributed by atoms with van der Waals surface area (Å²) in [6.07, 6.45) is 0. The molecule has 0 radical (unpaired) electrons. The second kappa shape index (κ2) is 7.17. The van der Waals surface area contributed by atoms with E-state index in [2.05, 4.69) is 26.0 Å². The van der Waals surface area contributed by atoms with Gasteiger partial charge in [0.15, 0.2) is 0 Å². The Bertz CT molecular complexity index is 701. The summed E-state index contributed by atoms with van der Waals surface area (Å²) >= 11 is 3.14. The Morgan fingerprint density at radius 2 is 1.86 bits per heavy atom. The number of rotatable bonds is 4. The van der Waals surface area contributed by atoms with Crippen molar-refractivity contribution in [1.29, 1.82) is 0 Å². The Hall–Kier alpha value is -2.21. The standard InChI is InChI=1S/C16H13BrFNO3/c1-22-16(21)11-4-2-10(3-5-11)9-19-15(20)13-7-6-12(17)8-14(13)18/h2-8H,9H2,1H3,(H,19,20). The molecule has 0 spiro atoms. The molecule has 0 fully saturated rings. The van der Waals surface area contributed by atoms with E-state index in [1.807, 2.05) is 0 Å². The molecule has 0 heterocycles. The van der Waals surface area contributed by atoms with E-state index in [1.54, 1.807) is 30.3 Å². The van der Waals surface area contributed by atoms with E-state index in [-0.39, 0.29) is 12.1 Å². The number of ether oxygens (including phenoxy) is 1. The van der Waals surface area contributed by atoms with Crippen LogP contribution in [0.4, 0.5) is 4.39 Å². The molecular formula is C16H13BrFNO3. The second-order valence-corrected chi connectivity index (χ2v) is 5.41. The number of benzene rings is 2. The highest BCUT2D eigenvalue weighted by molar-refractivity contribution is 9.10. The number of amides is 1. The average Bonchev–Trinajstić information content (AvgIpc) is 2.52. The molecule has 0 bridgehead atoms. The molecule has 0 aliphatic rings. The fraction of sp³-hybridized carbons (Fsp3) is 0.125. The van der Waals surface area contributed by atoms with Crippen LogP contribution in [0, 0.1) is 5.82 Å². The number of hydrogen-bond donors (Lipinski definition) is 1. The van der Waals surface area contributed by atoms with Gasteiger partial charge < -0.3 is 10.1 Å². The van der Waals surface area contributed by atoms with E-state index in [0.717, 1.165) is 5.56 Å². The molecule has 2 aromatic carbocycles. The molecule has 0 atom stereocenters. The van der Waals surface area contributed by atoms with Crippen molar-refractivity contribution in [3.8, 4) is 0 Å². The molecule has 2 rings (SSSR count). The largest absolute Gasteiger partial charge is 0.465 e. The van der Waals surface area contributed by atoms with E-state index < -0.39 is 17.7 Å². The van der Waals surface area contributed by atoms with Crippen molar-refractivity contribution in [1.82, 2.24) is 5.32 Å². The molecule has 114 valence electrons. The molecule has 2 aromatic rings. The lowest BCUT2D eigenvalue weighted by molar-refractivity contribution is 0.0600. The number of hydrogen-bond acceptors (Lipinski definition) is 3. The highest BCUT2D eigenvalue weighted by Crippen LogP contribution is 2.15. The minimum atomic E-state index is -0.590. The maximum Gasteiger partial charge on any atom is 0.337 e. The van der Waals surface area contributed by atoms with Crippen molar-refractivity contribution in [2.75, 3.05) is 7.11 Å². The number of carbonyl (C=O) groups is 2. The number of methoxy groups -OCH3 is 1. The van der Waals surface area contributed by atoms with Crippen LogP contribution in [0.2, 0.25) is 0 Å². The van der Waals surface area contributed by atoms with Crippen LogP contribution < -0.4 is 5.32 Å². The van der Waals surface area contributed by atoms with Gasteiger partial charge in [0.1, 0.15) is 5.82 Å². The molecule has 0 unspecified atom stereocenters. The first-order valence-electron chi connectivity index (χ1n) is 6.42. The van der Waals surface area contributed by atoms with Gasteiger partial charge in [0, 0.05) is 11.0 Å². The fourth-order valence-electron chi connectivity index (χ4n) is 1.83. The molecular weight excluding hydrogens is 353 g/mol. The van der Waals surface area contributed by atoms with Gasteiger partial charge in [0.05, 0.1) is 18.2 Å². The van der Waals surface area contributed by atoms with Crippen molar-refractivity contribution in [3.63, 3.8) is 0 Å². The molecule has 6 heteroatoms. The lowest BCUT2D eigenvalue weighted by Gasteiger charge is -2.07. The first-order chi connectivity index (χ1) is 10.5. The van der Waals surface area contributed by atoms with Crippen LogP contribution in [0.3, 0.4) is 0 Å². The quantitative estimate of drug-likeness (QED) is 0.845. The highest BCUT2D eigenvalue weighted by atomic mass is 79.9. The van der Waals surface area contributed by atoms with Gasteiger partial charge in [-0.3, -0.25) is 4.79 Å². The van der Waals surface area contributed by atoms with E-state index >= 15 is 0 Å². The number of esters is 1. The summed E-state index contributed by atoms with van der Waals surface area (Å²) in [4.78, 5) is 23.2. The summed E-state index contributed by atoms with van der Waals surface area (Å²) < 4.78 is 18.8. The van der Waals surface area contributed by atoms with Crippen LogP contribution in [-0.4, -0.2) is 19.0 Å². The van der Waals surface area contributed by atoms with Crippen molar-refractivity contribution >= 4 is 27.8 Å². The minimum Gasteiger partial charge on any atom is -0.465 e. The third kappa shape index (κ3) is 3.92. The Morgan fingerprint density at radius 3 is 2.45 bits per heavy atom. The van der Waals surface area contributed by atoms with Gasteiger partial charge in [-0.05, 0) is 35.9 Å². The van der Waals surface area contributed by atoms with Crippen LogP contribution in [0.1, 0.15) is 26.3 Å². The zero-order chi connectivity index (χ0) is 16.1. The third-order valence-corrected chi connectivity index (χ3v) is 3.50. The van der Waals surface area contributed by atoms with Crippen molar-refractivity contribution in [2.24, 2.45) is 0 Å². The first-order valence-corrected chi connectivity index (χ1v) is 7.21. The highest BCUT2D eigenvalue weighted by Gasteiger charge is 2.11. The van der Waals surface area contributed by atoms with Gasteiger partial charge in [-0.15, -0.1) is 0 Å². The number of nitrogens with one attached hydrogen (secondary N) is 1. The molecule has 0 saturated carbocycles. The molecule has 0 saturated heterocycles. The predicted octanol–water partition coefficient (Wildman–Crippen LogP) is 3.30. The third-order valence-electron chi connectivity index (χ3n) is 3.00. The van der Waals surface area contributed by atoms with Crippen LogP contribution in [0.25, 0.3) is 0 Å². The van der Waals surface area contributed by atoms with Gasteiger partial charge in [-0.1, -0.05) is 28.1 Å². The Labute approximate surface area is 135 Å². The summed E-state index contributed by atoms with van der Waals surface area (Å²) in [6.45, 7) is 0.232. The predicted molar refractivity (Wildman–Crippen MR) is 83.1 cm³/mol. The fourth-order valence-corrected chi connectivity index (χ4v) is 2.16. The van der Waals surface area contributed by atoms with Crippen molar-refractivity contribution in [3.05, 3.63) is 69.4 Å². The lowest BCUT2D eigenvalue weighted by Crippen LogP contribution is -2.23. The van der Waals surface area contributed by atoms with Crippen LogP contribution in [0.5, 0.6) is 0 Å². The van der Waals surface area contributed by atoms with E-state index in [0.29, 0.717) is 10.0 Å². The van der Waals surface area contributed by atoms with E-state index in [4.69, 9.17) is 0 Å². The SMILES string of the molecule is COC(=O)c1ccc(CNC(=O)c2ccc(Br)cc2F)cc1. The van der Waals surface area contributed by atoms with Gasteiger partial charge in [0.2, 0.25) is 0 Å². The van der Waals surface area contributed by atoms with Gasteiger partial charge in [-0.2, -0.15) is 0 Å². The summed E-state index contributed by atoms with van der Waals surface area (Å²) in [5, 5.41) is 2.63. The molecule has 22 heavy (non-hydrogen) atoms. The summed E-state index contributed by atoms with van der Waals surface area (Å²) in [5.41, 5.74) is 1.20. The van der Waals surface area contributed by atoms with Gasteiger partial charge in [0.25, 0.3) is 5.91 Å². The maximum atomic E-state index is 13.7. The summed E-state index contributed by atoms with van der Waals surface area (Å²) in [7, 11) is 1.31. The maximum absolute atomic E-state index is 13.7. The Morgan fingerprint density at radius 1 is 1.18 bits per heavy atom. The van der Waals surface area contributed by atoms with E-state index in [9.17, 15) is 14.0 Å². The van der Waals surface area contributed by atoms with Crippen LogP contribution in [0.15, 0.2) is 46.9 Å². The molecule has 1 amide bonds. The van der Waals surface area contributed by atoms with E-state index in [1.165, 1.54) is 19.2 Å². The average molecular weight is 366 g/mol. The zero-order valence-electron chi connectivity index (χ0n) is 11.7. The molecule has 4 nitrogen and oxygen atoms in total. The summed E-state index contributed by atoms with van der Waals surface area (Å²) in [6, 6.07) is 10.9. The van der Waals surface area contributed by atoms with Crippen molar-refractivity contribution < 1.29 is 18.7 Å². The Kier molecular flexibility index (Phi) is 5.27. The number of halogens is 2. The molecule has 1 N–H and O–H groups in total. The topological polar surface area (TPSA) is 55.4 Å². The molecule has 0 aromatic heterocycles.